The predicted molar refractivity (Wildman–Crippen MR) is 396 cm³/mol. The molecule has 6 rings (SSSR count). The van der Waals surface area contributed by atoms with E-state index in [2.05, 4.69) is 32.1 Å². The standard InChI is InChI=1S/C40H56N4O10.C39H54N4O10/c1-24(2)35-38(50)41-32(23-28-12-10-13-29(22-28)53-6)39(51)44-20-11-14-31(43-44)40(52)54-34(25(3)19-21-45)16-9-7-8-15-33(47)27(5)36(48)30(37(49)42-35)18-17-26(4)46;1-23(2)34-37(50)40-31(22-27-11-9-12-28(46)21-27)38(51)43-19-10-13-30(42-43)39(52)53-33(24(3)18-20-44)15-8-6-7-14-32(47)26(5)35(48)29(36(49)41-34)17-16-25(4)45/h7-10,12-13,15,19,21-22,24,27,30-36,43,47-48H,11,14,16-18,20,23H2,1-6H3,(H,41,50)(H,42,49);6-9,11-12,14,18,20-21,23,26,29-35,42,46-48H,10,13,15-17,19,22H2,1-5H3,(H,40,50)(H,41,49)/b9-7+,15-8+,25-19+;8-6+,14-7+,24-18+/t27-,30+,31?,32-,33-,34-,35-,36+;26-,29+,30?,31-,32-,33-,34-,35+/m00/s1. The Hall–Kier alpha value is -9.32. The van der Waals surface area contributed by atoms with Crippen LogP contribution in [0.1, 0.15) is 145 Å². The number of esters is 2. The molecule has 107 heavy (non-hydrogen) atoms. The van der Waals surface area contributed by atoms with Crippen LogP contribution < -0.4 is 36.9 Å². The molecule has 2 unspecified atom stereocenters. The second-order valence-electron chi connectivity index (χ2n) is 28.6. The van der Waals surface area contributed by atoms with E-state index in [9.17, 15) is 83.1 Å². The van der Waals surface area contributed by atoms with Gasteiger partial charge in [-0.05, 0) is 137 Å². The van der Waals surface area contributed by atoms with Gasteiger partial charge < -0.3 is 70.6 Å². The van der Waals surface area contributed by atoms with Crippen molar-refractivity contribution in [1.29, 1.82) is 0 Å². The van der Waals surface area contributed by atoms with Crippen molar-refractivity contribution in [1.82, 2.24) is 42.1 Å². The molecule has 586 valence electrons. The largest absolute Gasteiger partial charge is 0.508 e. The number of nitrogens with one attached hydrogen (secondary N) is 6. The number of carbonyl (C=O) groups is 12. The number of fused-ring (bicyclic) bond motifs is 4. The van der Waals surface area contributed by atoms with Gasteiger partial charge in [0.1, 0.15) is 84.1 Å². The Balaban J connectivity index is 0.000000384. The summed E-state index contributed by atoms with van der Waals surface area (Å²) in [5.74, 6) is -10.00. The molecule has 2 fully saturated rings. The maximum absolute atomic E-state index is 14.2. The molecule has 16 atom stereocenters. The number of Topliss-reactive ketones (excluding diaryl/α,β-unsaturated/α-hetero) is 2. The summed E-state index contributed by atoms with van der Waals surface area (Å²) in [7, 11) is 1.51. The van der Waals surface area contributed by atoms with Crippen LogP contribution in [0.25, 0.3) is 0 Å². The van der Waals surface area contributed by atoms with E-state index in [-0.39, 0.29) is 81.8 Å². The number of hydrazine groups is 2. The Kier molecular flexibility index (Phi) is 36.4. The lowest BCUT2D eigenvalue weighted by molar-refractivity contribution is -0.157. The Morgan fingerprint density at radius 3 is 1.35 bits per heavy atom. The summed E-state index contributed by atoms with van der Waals surface area (Å²) < 4.78 is 17.0. The predicted octanol–water partition coefficient (Wildman–Crippen LogP) is 4.25. The minimum absolute atomic E-state index is 0.0142. The first-order valence-corrected chi connectivity index (χ1v) is 36.6. The number of phenols is 1. The first-order valence-electron chi connectivity index (χ1n) is 36.6. The Bertz CT molecular complexity index is 3590. The van der Waals surface area contributed by atoms with Crippen LogP contribution in [0.3, 0.4) is 0 Å². The summed E-state index contributed by atoms with van der Waals surface area (Å²) >= 11 is 0. The zero-order valence-electron chi connectivity index (χ0n) is 63.1. The quantitative estimate of drug-likeness (QED) is 0.0599. The van der Waals surface area contributed by atoms with Crippen molar-refractivity contribution in [3.63, 3.8) is 0 Å². The number of amides is 6. The molecule has 0 spiro atoms. The molecule has 6 amide bonds. The highest BCUT2D eigenvalue weighted by atomic mass is 16.6. The number of ether oxygens (including phenoxy) is 3. The van der Waals surface area contributed by atoms with E-state index in [1.807, 2.05) is 0 Å². The lowest BCUT2D eigenvalue weighted by atomic mass is 9.84. The van der Waals surface area contributed by atoms with Gasteiger partial charge in [-0.1, -0.05) is 114 Å². The number of aldehydes is 2. The highest BCUT2D eigenvalue weighted by Gasteiger charge is 2.42. The van der Waals surface area contributed by atoms with Crippen LogP contribution in [-0.4, -0.2) is 200 Å². The van der Waals surface area contributed by atoms with E-state index >= 15 is 0 Å². The number of methoxy groups -OCH3 is 1. The second-order valence-corrected chi connectivity index (χ2v) is 28.6. The molecule has 0 radical (unpaired) electrons. The minimum Gasteiger partial charge on any atom is -0.508 e. The smallest absolute Gasteiger partial charge is 0.325 e. The number of hydrogen-bond donors (Lipinski definition) is 11. The van der Waals surface area contributed by atoms with Crippen molar-refractivity contribution >= 4 is 71.5 Å². The molecule has 2 aromatic rings. The van der Waals surface area contributed by atoms with Gasteiger partial charge in [0.05, 0.1) is 43.4 Å². The molecule has 0 aromatic heterocycles. The molecular weight excluding hydrogens is 1380 g/mol. The Morgan fingerprint density at radius 2 is 0.972 bits per heavy atom. The van der Waals surface area contributed by atoms with E-state index < -0.39 is 156 Å². The molecule has 0 aliphatic carbocycles. The summed E-state index contributed by atoms with van der Waals surface area (Å²) in [4.78, 5) is 158. The topological polar surface area (TPSA) is 412 Å². The maximum atomic E-state index is 14.2. The Labute approximate surface area is 626 Å². The SMILES string of the molecule is CC(=O)CC[C@H]1C(=O)N[C@@H](C(C)C)C(=O)N[C@@H](Cc2cccc(O)c2)C(=O)N2CCCC(N2)C(=O)O[C@H](/C(C)=C/C=O)C/C=C/C=C/[C@H](O)[C@H](C)[C@H]1O.COc1cccc(C[C@@H]2NC(=O)[C@H](C(C)C)NC(=O)[C@H](CCC(C)=O)[C@H](O)[C@@H](C)[C@@H](O)/C=C/C=C/C[C@@H](/C(C)=C/C=O)OC(=O)C3CCCN(N3)C2=O)c1. The minimum atomic E-state index is -1.41. The number of aliphatic hydroxyl groups excluding tert-OH is 4. The van der Waals surface area contributed by atoms with Crippen molar-refractivity contribution in [3.05, 3.63) is 132 Å². The van der Waals surface area contributed by atoms with Gasteiger partial charge in [0.2, 0.25) is 23.6 Å². The third-order valence-electron chi connectivity index (χ3n) is 19.4. The highest BCUT2D eigenvalue weighted by Crippen LogP contribution is 2.28. The zero-order valence-corrected chi connectivity index (χ0v) is 63.1. The van der Waals surface area contributed by atoms with Crippen LogP contribution in [0.4, 0.5) is 0 Å². The lowest BCUT2D eigenvalue weighted by Gasteiger charge is -2.36. The molecule has 11 N–H and O–H groups in total. The number of aromatic hydroxyl groups is 1. The number of aliphatic hydroxyl groups is 4. The first-order chi connectivity index (χ1) is 50.8. The molecule has 4 heterocycles. The maximum Gasteiger partial charge on any atom is 0.325 e. The van der Waals surface area contributed by atoms with Crippen molar-refractivity contribution < 1.29 is 97.3 Å². The summed E-state index contributed by atoms with van der Waals surface area (Å²) in [6.07, 6.45) is 11.4. The number of nitrogens with zero attached hydrogens (tertiary/aromatic N) is 2. The van der Waals surface area contributed by atoms with Crippen molar-refractivity contribution in [2.24, 2.45) is 35.5 Å². The summed E-state index contributed by atoms with van der Waals surface area (Å²) in [5.41, 5.74) is 8.12. The Morgan fingerprint density at radius 1 is 0.570 bits per heavy atom. The van der Waals surface area contributed by atoms with E-state index in [0.717, 1.165) is 0 Å². The molecule has 0 saturated carbocycles. The number of rotatable bonds is 17. The summed E-state index contributed by atoms with van der Waals surface area (Å²) in [6.45, 7) is 16.5. The number of phenolic OH excluding ortho intramolecular Hbond substituents is 1. The molecule has 2 aromatic carbocycles. The summed E-state index contributed by atoms with van der Waals surface area (Å²) in [6, 6.07) is 6.73. The monoisotopic (exact) mass is 1490 g/mol. The van der Waals surface area contributed by atoms with E-state index in [1.54, 1.807) is 128 Å². The van der Waals surface area contributed by atoms with Gasteiger partial charge in [-0.25, -0.2) is 10.9 Å². The molecule has 28 nitrogen and oxygen atoms in total. The molecule has 28 heteroatoms. The van der Waals surface area contributed by atoms with Crippen LogP contribution in [0.15, 0.2) is 120 Å². The molecule has 2 saturated heterocycles. The number of benzene rings is 2. The highest BCUT2D eigenvalue weighted by molar-refractivity contribution is 5.95. The zero-order chi connectivity index (χ0) is 79.2. The number of ketones is 2. The normalized spacial score (nSPS) is 29.7. The van der Waals surface area contributed by atoms with Gasteiger partial charge in [0.25, 0.3) is 11.8 Å². The van der Waals surface area contributed by atoms with Gasteiger partial charge in [0.15, 0.2) is 0 Å². The summed E-state index contributed by atoms with van der Waals surface area (Å²) in [5, 5.41) is 68.4. The van der Waals surface area contributed by atoms with Crippen LogP contribution in [0, 0.1) is 35.5 Å². The number of hydrogen-bond acceptors (Lipinski definition) is 22. The lowest BCUT2D eigenvalue weighted by Crippen LogP contribution is -2.62. The second kappa shape index (κ2) is 44.1. The van der Waals surface area contributed by atoms with Crippen LogP contribution in [-0.2, 0) is 79.8 Å². The van der Waals surface area contributed by atoms with Gasteiger partial charge in [-0.2, -0.15) is 0 Å². The molecule has 4 aliphatic heterocycles. The third kappa shape index (κ3) is 27.8. The van der Waals surface area contributed by atoms with Crippen molar-refractivity contribution in [3.8, 4) is 11.5 Å². The van der Waals surface area contributed by atoms with Gasteiger partial charge in [0, 0.05) is 63.5 Å². The third-order valence-corrected chi connectivity index (χ3v) is 19.4. The first kappa shape index (κ1) is 88.3. The van der Waals surface area contributed by atoms with E-state index in [1.165, 1.54) is 67.4 Å². The van der Waals surface area contributed by atoms with Crippen molar-refractivity contribution in [2.45, 2.75) is 219 Å². The fourth-order valence-corrected chi connectivity index (χ4v) is 12.6. The average molecular weight is 1490 g/mol. The number of carbonyl (C=O) groups excluding carboxylic acids is 12. The molecule has 4 aliphatic rings. The van der Waals surface area contributed by atoms with Crippen molar-refractivity contribution in [2.75, 3.05) is 20.2 Å². The van der Waals surface area contributed by atoms with E-state index in [0.29, 0.717) is 66.3 Å². The van der Waals surface area contributed by atoms with Crippen LogP contribution >= 0.6 is 0 Å². The van der Waals surface area contributed by atoms with Crippen LogP contribution in [0.5, 0.6) is 11.5 Å². The molecule has 4 bridgehead atoms. The fourth-order valence-electron chi connectivity index (χ4n) is 12.6. The van der Waals surface area contributed by atoms with Gasteiger partial charge in [-0.15, -0.1) is 0 Å². The van der Waals surface area contributed by atoms with Crippen LogP contribution in [0.2, 0.25) is 0 Å². The fraction of sp³-hybridized carbons (Fsp3) is 0.544. The molecular formula is C79H110N8O20. The average Bonchev–Trinajstić information content (AvgIpc) is 0.873. The van der Waals surface area contributed by atoms with Gasteiger partial charge >= 0.3 is 11.9 Å². The van der Waals surface area contributed by atoms with E-state index in [4.69, 9.17) is 14.2 Å². The van der Waals surface area contributed by atoms with Gasteiger partial charge in [-0.3, -0.25) is 58.0 Å². The number of cyclic esters (lactones) is 2. The number of allylic oxidation sites excluding steroid dienone is 6.